The maximum atomic E-state index is 13.2. The van der Waals surface area contributed by atoms with Gasteiger partial charge in [-0.1, -0.05) is 0 Å². The smallest absolute Gasteiger partial charge is 0.319 e. The molecule has 6 nitrogen and oxygen atoms in total. The molecule has 0 aliphatic carbocycles. The Bertz CT molecular complexity index is 551. The third-order valence-corrected chi connectivity index (χ3v) is 3.54. The zero-order chi connectivity index (χ0) is 17.4. The summed E-state index contributed by atoms with van der Waals surface area (Å²) in [5.41, 5.74) is 0.0563. The van der Waals surface area contributed by atoms with Gasteiger partial charge in [-0.2, -0.15) is 0 Å². The van der Waals surface area contributed by atoms with Crippen molar-refractivity contribution in [3.63, 3.8) is 0 Å². The van der Waals surface area contributed by atoms with Crippen molar-refractivity contribution in [2.45, 2.75) is 32.0 Å². The number of rotatable bonds is 7. The van der Waals surface area contributed by atoms with Crippen LogP contribution in [0.3, 0.4) is 0 Å². The largest absolute Gasteiger partial charge is 0.494 e. The highest BCUT2D eigenvalue weighted by molar-refractivity contribution is 5.90. The second-order valence-electron chi connectivity index (χ2n) is 5.37. The standard InChI is InChI=1S/C16H22F2N2O4/c1-22-14-10-12(18)11(17)9-13(14)20-16(21)19-6-4-8-24-15-5-2-3-7-23-15/h9-10,15H,2-8H2,1H3,(H2,19,20,21)/t15-/m0/s1. The summed E-state index contributed by atoms with van der Waals surface area (Å²) in [6, 6.07) is 1.22. The van der Waals surface area contributed by atoms with Gasteiger partial charge < -0.3 is 24.8 Å². The van der Waals surface area contributed by atoms with E-state index >= 15 is 0 Å². The van der Waals surface area contributed by atoms with E-state index in [2.05, 4.69) is 10.6 Å². The summed E-state index contributed by atoms with van der Waals surface area (Å²) in [5, 5.41) is 5.03. The molecule has 2 amide bonds. The van der Waals surface area contributed by atoms with Gasteiger partial charge in [-0.05, 0) is 25.7 Å². The Morgan fingerprint density at radius 3 is 2.83 bits per heavy atom. The number of nitrogens with one attached hydrogen (secondary N) is 2. The van der Waals surface area contributed by atoms with Gasteiger partial charge in [0.2, 0.25) is 0 Å². The van der Waals surface area contributed by atoms with Gasteiger partial charge in [-0.25, -0.2) is 13.6 Å². The molecular weight excluding hydrogens is 322 g/mol. The van der Waals surface area contributed by atoms with Crippen LogP contribution in [0.4, 0.5) is 19.3 Å². The number of ether oxygens (including phenoxy) is 3. The predicted molar refractivity (Wildman–Crippen MR) is 84.1 cm³/mol. The van der Waals surface area contributed by atoms with Crippen molar-refractivity contribution < 1.29 is 27.8 Å². The van der Waals surface area contributed by atoms with E-state index in [0.29, 0.717) is 19.6 Å². The van der Waals surface area contributed by atoms with Gasteiger partial charge in [0.15, 0.2) is 17.9 Å². The third kappa shape index (κ3) is 5.61. The van der Waals surface area contributed by atoms with E-state index in [1.807, 2.05) is 0 Å². The molecule has 0 bridgehead atoms. The topological polar surface area (TPSA) is 68.8 Å². The van der Waals surface area contributed by atoms with Crippen molar-refractivity contribution in [2.24, 2.45) is 0 Å². The van der Waals surface area contributed by atoms with E-state index in [1.165, 1.54) is 7.11 Å². The highest BCUT2D eigenvalue weighted by Gasteiger charge is 2.14. The molecule has 1 saturated heterocycles. The molecule has 1 fully saturated rings. The lowest BCUT2D eigenvalue weighted by molar-refractivity contribution is -0.162. The van der Waals surface area contributed by atoms with Crippen molar-refractivity contribution in [2.75, 3.05) is 32.2 Å². The summed E-state index contributed by atoms with van der Waals surface area (Å²) in [6.45, 7) is 1.57. The molecule has 24 heavy (non-hydrogen) atoms. The lowest BCUT2D eigenvalue weighted by Crippen LogP contribution is -2.31. The number of carbonyl (C=O) groups is 1. The molecule has 0 spiro atoms. The van der Waals surface area contributed by atoms with Crippen molar-refractivity contribution in [1.82, 2.24) is 5.32 Å². The Morgan fingerprint density at radius 2 is 2.12 bits per heavy atom. The number of halogens is 2. The number of anilines is 1. The summed E-state index contributed by atoms with van der Waals surface area (Å²) >= 11 is 0. The molecule has 1 aromatic rings. The quantitative estimate of drug-likeness (QED) is 0.746. The Morgan fingerprint density at radius 1 is 1.33 bits per heavy atom. The first-order valence-corrected chi connectivity index (χ1v) is 7.91. The fourth-order valence-electron chi connectivity index (χ4n) is 2.29. The molecule has 1 atom stereocenters. The molecule has 0 saturated carbocycles. The van der Waals surface area contributed by atoms with Crippen LogP contribution in [0.5, 0.6) is 5.75 Å². The van der Waals surface area contributed by atoms with Crippen LogP contribution in [0.15, 0.2) is 12.1 Å². The van der Waals surface area contributed by atoms with Gasteiger partial charge >= 0.3 is 6.03 Å². The molecule has 1 aromatic carbocycles. The SMILES string of the molecule is COc1cc(F)c(F)cc1NC(=O)NCCCO[C@H]1CCCCO1. The van der Waals surface area contributed by atoms with Crippen LogP contribution in [0.25, 0.3) is 0 Å². The number of benzene rings is 1. The summed E-state index contributed by atoms with van der Waals surface area (Å²) in [4.78, 5) is 11.8. The second-order valence-corrected chi connectivity index (χ2v) is 5.37. The molecule has 2 N–H and O–H groups in total. The molecule has 1 heterocycles. The van der Waals surface area contributed by atoms with Crippen molar-refractivity contribution >= 4 is 11.7 Å². The number of methoxy groups -OCH3 is 1. The minimum absolute atomic E-state index is 0.0434. The minimum Gasteiger partial charge on any atom is -0.494 e. The van der Waals surface area contributed by atoms with Crippen LogP contribution in [-0.2, 0) is 9.47 Å². The lowest BCUT2D eigenvalue weighted by atomic mass is 10.2. The normalized spacial score (nSPS) is 17.4. The van der Waals surface area contributed by atoms with Crippen LogP contribution in [0.1, 0.15) is 25.7 Å². The Kier molecular flexibility index (Phi) is 7.20. The van der Waals surface area contributed by atoms with Crippen LogP contribution < -0.4 is 15.4 Å². The molecule has 1 aliphatic heterocycles. The van der Waals surface area contributed by atoms with Crippen molar-refractivity contribution in [3.8, 4) is 5.75 Å². The van der Waals surface area contributed by atoms with Crippen molar-refractivity contribution in [3.05, 3.63) is 23.8 Å². The summed E-state index contributed by atoms with van der Waals surface area (Å²) in [6.07, 6.45) is 3.52. The van der Waals surface area contributed by atoms with Gasteiger partial charge in [0, 0.05) is 25.3 Å². The van der Waals surface area contributed by atoms with E-state index in [-0.39, 0.29) is 17.7 Å². The maximum Gasteiger partial charge on any atom is 0.319 e. The van der Waals surface area contributed by atoms with Crippen LogP contribution in [0, 0.1) is 11.6 Å². The summed E-state index contributed by atoms with van der Waals surface area (Å²) in [7, 11) is 1.31. The van der Waals surface area contributed by atoms with E-state index < -0.39 is 17.7 Å². The molecular formula is C16H22F2N2O4. The Hall–Kier alpha value is -1.93. The van der Waals surface area contributed by atoms with Crippen LogP contribution in [0.2, 0.25) is 0 Å². The molecule has 0 radical (unpaired) electrons. The summed E-state index contributed by atoms with van der Waals surface area (Å²) < 4.78 is 42.2. The first-order valence-electron chi connectivity index (χ1n) is 7.91. The molecule has 2 rings (SSSR count). The Labute approximate surface area is 139 Å². The van der Waals surface area contributed by atoms with Gasteiger partial charge in [-0.15, -0.1) is 0 Å². The monoisotopic (exact) mass is 344 g/mol. The van der Waals surface area contributed by atoms with Gasteiger partial charge in [0.05, 0.1) is 19.4 Å². The molecule has 0 unspecified atom stereocenters. The molecule has 0 aromatic heterocycles. The van der Waals surface area contributed by atoms with Gasteiger partial charge in [-0.3, -0.25) is 0 Å². The van der Waals surface area contributed by atoms with Crippen molar-refractivity contribution in [1.29, 1.82) is 0 Å². The average Bonchev–Trinajstić information content (AvgIpc) is 2.58. The second kappa shape index (κ2) is 9.39. The highest BCUT2D eigenvalue weighted by atomic mass is 19.2. The van der Waals surface area contributed by atoms with E-state index in [0.717, 1.165) is 38.0 Å². The number of carbonyl (C=O) groups excluding carboxylic acids is 1. The molecule has 1 aliphatic rings. The first kappa shape index (κ1) is 18.4. The summed E-state index contributed by atoms with van der Waals surface area (Å²) in [5.74, 6) is -2.06. The fourth-order valence-corrected chi connectivity index (χ4v) is 2.29. The number of urea groups is 1. The van der Waals surface area contributed by atoms with Crippen LogP contribution in [-0.4, -0.2) is 39.2 Å². The lowest BCUT2D eigenvalue weighted by Gasteiger charge is -2.22. The zero-order valence-corrected chi connectivity index (χ0v) is 13.6. The number of amides is 2. The van der Waals surface area contributed by atoms with Gasteiger partial charge in [0.1, 0.15) is 5.75 Å². The third-order valence-electron chi connectivity index (χ3n) is 3.54. The minimum atomic E-state index is -1.06. The van der Waals surface area contributed by atoms with E-state index in [9.17, 15) is 13.6 Å². The fraction of sp³-hybridized carbons (Fsp3) is 0.562. The maximum absolute atomic E-state index is 13.2. The first-order chi connectivity index (χ1) is 11.6. The number of hydrogen-bond acceptors (Lipinski definition) is 4. The van der Waals surface area contributed by atoms with E-state index in [1.54, 1.807) is 0 Å². The van der Waals surface area contributed by atoms with E-state index in [4.69, 9.17) is 14.2 Å². The average molecular weight is 344 g/mol. The predicted octanol–water partition coefficient (Wildman–Crippen LogP) is 3.03. The Balaban J connectivity index is 1.68. The number of hydrogen-bond donors (Lipinski definition) is 2. The van der Waals surface area contributed by atoms with Crippen LogP contribution >= 0.6 is 0 Å². The zero-order valence-electron chi connectivity index (χ0n) is 13.6. The highest BCUT2D eigenvalue weighted by Crippen LogP contribution is 2.26. The van der Waals surface area contributed by atoms with Gasteiger partial charge in [0.25, 0.3) is 0 Å². The molecule has 134 valence electrons. The molecule has 8 heteroatoms.